The van der Waals surface area contributed by atoms with Crippen molar-refractivity contribution in [1.82, 2.24) is 0 Å². The second-order valence-electron chi connectivity index (χ2n) is 6.33. The molecule has 0 saturated carbocycles. The molecule has 20 heavy (non-hydrogen) atoms. The molecule has 0 aromatic heterocycles. The van der Waals surface area contributed by atoms with Gasteiger partial charge in [-0.3, -0.25) is 0 Å². The molecule has 110 valence electrons. The molecule has 1 aromatic carbocycles. The highest BCUT2D eigenvalue weighted by molar-refractivity contribution is 5.47. The van der Waals surface area contributed by atoms with Crippen molar-refractivity contribution < 1.29 is 14.2 Å². The van der Waals surface area contributed by atoms with Gasteiger partial charge in [0, 0.05) is 12.8 Å². The molecule has 2 heterocycles. The van der Waals surface area contributed by atoms with Crippen molar-refractivity contribution in [2.45, 2.75) is 18.9 Å². The summed E-state index contributed by atoms with van der Waals surface area (Å²) in [6.07, 6.45) is 2.70. The zero-order valence-electron chi connectivity index (χ0n) is 12.4. The van der Waals surface area contributed by atoms with Crippen LogP contribution >= 0.6 is 0 Å². The molecule has 1 aromatic rings. The maximum atomic E-state index is 13.8. The summed E-state index contributed by atoms with van der Waals surface area (Å²) < 4.78 is 13.8. The number of piperidine rings is 1. The standard InChI is InChI=1S/C16H24FN3/c1-18-8-6-14(7-9-18)19-10-12-20(13-11-19)16-5-3-2-4-15(16)17/h2-5,14H,6-13H2,1H3/p+2. The molecule has 3 nitrogen and oxygen atoms in total. The number of hydrogen-bond acceptors (Lipinski definition) is 1. The molecule has 4 heteroatoms. The lowest BCUT2D eigenvalue weighted by Gasteiger charge is -2.39. The average Bonchev–Trinajstić information content (AvgIpc) is 2.49. The first-order chi connectivity index (χ1) is 9.74. The fourth-order valence-corrected chi connectivity index (χ4v) is 3.67. The highest BCUT2D eigenvalue weighted by atomic mass is 19.1. The summed E-state index contributed by atoms with van der Waals surface area (Å²) in [5, 5.41) is 0. The van der Waals surface area contributed by atoms with Crippen LogP contribution in [0.25, 0.3) is 0 Å². The van der Waals surface area contributed by atoms with Gasteiger partial charge in [0.1, 0.15) is 5.82 Å². The third-order valence-corrected chi connectivity index (χ3v) is 5.02. The van der Waals surface area contributed by atoms with Gasteiger partial charge in [0.05, 0.1) is 58.0 Å². The van der Waals surface area contributed by atoms with Crippen molar-refractivity contribution in [3.8, 4) is 0 Å². The van der Waals surface area contributed by atoms with E-state index in [9.17, 15) is 4.39 Å². The molecule has 0 radical (unpaired) electrons. The van der Waals surface area contributed by atoms with E-state index >= 15 is 0 Å². The first kappa shape index (κ1) is 13.8. The first-order valence-electron chi connectivity index (χ1n) is 7.89. The molecule has 2 saturated heterocycles. The van der Waals surface area contributed by atoms with Crippen molar-refractivity contribution >= 4 is 5.69 Å². The SMILES string of the molecule is C[NH+]1CCC([NH+]2CCN(c3ccccc3F)CC2)CC1. The van der Waals surface area contributed by atoms with Crippen molar-refractivity contribution in [3.05, 3.63) is 30.1 Å². The number of rotatable bonds is 2. The largest absolute Gasteiger partial charge is 0.358 e. The van der Waals surface area contributed by atoms with Crippen LogP contribution in [0.15, 0.2) is 24.3 Å². The van der Waals surface area contributed by atoms with E-state index < -0.39 is 0 Å². The summed E-state index contributed by atoms with van der Waals surface area (Å²) in [5.41, 5.74) is 0.777. The molecule has 2 fully saturated rings. The molecule has 0 spiro atoms. The summed E-state index contributed by atoms with van der Waals surface area (Å²) in [5.74, 6) is -0.0844. The topological polar surface area (TPSA) is 12.1 Å². The molecule has 0 aliphatic carbocycles. The van der Waals surface area contributed by atoms with E-state index in [2.05, 4.69) is 11.9 Å². The van der Waals surface area contributed by atoms with E-state index in [-0.39, 0.29) is 5.82 Å². The molecule has 0 amide bonds. The number of quaternary nitrogens is 2. The van der Waals surface area contributed by atoms with Crippen molar-refractivity contribution in [3.63, 3.8) is 0 Å². The molecule has 2 aliphatic rings. The molecule has 0 unspecified atom stereocenters. The number of hydrogen-bond donors (Lipinski definition) is 2. The number of anilines is 1. The van der Waals surface area contributed by atoms with Gasteiger partial charge in [-0.05, 0) is 12.1 Å². The molecule has 3 rings (SSSR count). The number of para-hydroxylation sites is 1. The number of likely N-dealkylation sites (tertiary alicyclic amines) is 1. The summed E-state index contributed by atoms with van der Waals surface area (Å²) in [7, 11) is 2.29. The molecule has 0 bridgehead atoms. The minimum atomic E-state index is -0.0844. The molecule has 2 N–H and O–H groups in total. The third kappa shape index (κ3) is 2.96. The van der Waals surface area contributed by atoms with Crippen LogP contribution in [0.3, 0.4) is 0 Å². The van der Waals surface area contributed by atoms with Crippen LogP contribution in [-0.4, -0.2) is 52.4 Å². The fourth-order valence-electron chi connectivity index (χ4n) is 3.67. The Labute approximate surface area is 121 Å². The van der Waals surface area contributed by atoms with Gasteiger partial charge in [0.2, 0.25) is 0 Å². The van der Waals surface area contributed by atoms with Gasteiger partial charge in [-0.1, -0.05) is 12.1 Å². The smallest absolute Gasteiger partial charge is 0.146 e. The van der Waals surface area contributed by atoms with Crippen molar-refractivity contribution in [2.24, 2.45) is 0 Å². The van der Waals surface area contributed by atoms with Gasteiger partial charge in [-0.25, -0.2) is 4.39 Å². The number of halogens is 1. The summed E-state index contributed by atoms with van der Waals surface area (Å²) >= 11 is 0. The Morgan fingerprint density at radius 2 is 1.70 bits per heavy atom. The second-order valence-corrected chi connectivity index (χ2v) is 6.33. The van der Waals surface area contributed by atoms with E-state index in [1.807, 2.05) is 12.1 Å². The zero-order valence-corrected chi connectivity index (χ0v) is 12.4. The number of benzene rings is 1. The van der Waals surface area contributed by atoms with Crippen LogP contribution in [0.5, 0.6) is 0 Å². The second kappa shape index (κ2) is 6.10. The lowest BCUT2D eigenvalue weighted by molar-refractivity contribution is -0.952. The van der Waals surface area contributed by atoms with E-state index in [4.69, 9.17) is 0 Å². The Morgan fingerprint density at radius 3 is 2.35 bits per heavy atom. The zero-order chi connectivity index (χ0) is 13.9. The van der Waals surface area contributed by atoms with Crippen molar-refractivity contribution in [2.75, 3.05) is 51.2 Å². The maximum absolute atomic E-state index is 13.8. The quantitative estimate of drug-likeness (QED) is 0.723. The minimum absolute atomic E-state index is 0.0844. The van der Waals surface area contributed by atoms with Gasteiger partial charge >= 0.3 is 0 Å². The molecule has 0 atom stereocenters. The number of piperazine rings is 1. The monoisotopic (exact) mass is 279 g/mol. The highest BCUT2D eigenvalue weighted by Crippen LogP contribution is 2.18. The average molecular weight is 279 g/mol. The van der Waals surface area contributed by atoms with Gasteiger partial charge in [0.25, 0.3) is 0 Å². The van der Waals surface area contributed by atoms with E-state index in [1.165, 1.54) is 25.9 Å². The van der Waals surface area contributed by atoms with Gasteiger partial charge in [-0.2, -0.15) is 0 Å². The maximum Gasteiger partial charge on any atom is 0.146 e. The Hall–Kier alpha value is -1.13. The lowest BCUT2D eigenvalue weighted by atomic mass is 10.0. The molecule has 2 aliphatic heterocycles. The number of nitrogens with one attached hydrogen (secondary N) is 2. The Bertz CT molecular complexity index is 435. The molecular weight excluding hydrogens is 253 g/mol. The van der Waals surface area contributed by atoms with Crippen molar-refractivity contribution in [1.29, 1.82) is 0 Å². The predicted molar refractivity (Wildman–Crippen MR) is 79.0 cm³/mol. The highest BCUT2D eigenvalue weighted by Gasteiger charge is 2.31. The van der Waals surface area contributed by atoms with Crippen LogP contribution in [-0.2, 0) is 0 Å². The summed E-state index contributed by atoms with van der Waals surface area (Å²) in [4.78, 5) is 5.62. The van der Waals surface area contributed by atoms with Crippen LogP contribution in [0.4, 0.5) is 10.1 Å². The van der Waals surface area contributed by atoms with Gasteiger partial charge in [-0.15, -0.1) is 0 Å². The first-order valence-corrected chi connectivity index (χ1v) is 7.89. The minimum Gasteiger partial charge on any atom is -0.358 e. The predicted octanol–water partition coefficient (Wildman–Crippen LogP) is -0.792. The van der Waals surface area contributed by atoms with E-state index in [0.29, 0.717) is 0 Å². The lowest BCUT2D eigenvalue weighted by Crippen LogP contribution is -3.21. The van der Waals surface area contributed by atoms with E-state index in [1.54, 1.807) is 21.9 Å². The van der Waals surface area contributed by atoms with Gasteiger partial charge < -0.3 is 14.7 Å². The Balaban J connectivity index is 1.56. The van der Waals surface area contributed by atoms with E-state index in [0.717, 1.165) is 37.9 Å². The summed E-state index contributed by atoms with van der Waals surface area (Å²) in [6, 6.07) is 7.99. The molecular formula is C16H26FN3+2. The summed E-state index contributed by atoms with van der Waals surface area (Å²) in [6.45, 7) is 6.89. The van der Waals surface area contributed by atoms with Crippen LogP contribution in [0.1, 0.15) is 12.8 Å². The number of nitrogens with zero attached hydrogens (tertiary/aromatic N) is 1. The van der Waals surface area contributed by atoms with Crippen LogP contribution < -0.4 is 14.7 Å². The van der Waals surface area contributed by atoms with Crippen LogP contribution in [0.2, 0.25) is 0 Å². The Kier molecular flexibility index (Phi) is 4.22. The Morgan fingerprint density at radius 1 is 1.05 bits per heavy atom. The normalized spacial score (nSPS) is 28.6. The van der Waals surface area contributed by atoms with Crippen LogP contribution in [0, 0.1) is 5.82 Å². The van der Waals surface area contributed by atoms with Gasteiger partial charge in [0.15, 0.2) is 0 Å². The fraction of sp³-hybridized carbons (Fsp3) is 0.625. The third-order valence-electron chi connectivity index (χ3n) is 5.02.